The Labute approximate surface area is 167 Å². The fourth-order valence-corrected chi connectivity index (χ4v) is 14.4. The van der Waals surface area contributed by atoms with Crippen LogP contribution in [0.5, 0.6) is 0 Å². The molecule has 23 heavy (non-hydrogen) atoms. The van der Waals surface area contributed by atoms with Crippen molar-refractivity contribution in [3.63, 3.8) is 0 Å². The molecule has 2 aliphatic heterocycles. The molecule has 0 aliphatic carbocycles. The van der Waals surface area contributed by atoms with E-state index in [1.807, 2.05) is 0 Å². The minimum atomic E-state index is -0.0421. The molecule has 4 nitrogen and oxygen atoms in total. The number of piperidine rings is 2. The standard InChI is InChI=1S/C15H24N2O2Se4/c1-19-12(18)13(22-14(20)16-8-4-2-5-9-16)23-15(21)17-10-6-3-7-11-17/h13H,2-11H2,1H3. The van der Waals surface area contributed by atoms with Gasteiger partial charge in [0, 0.05) is 0 Å². The number of carbonyl (C=O) groups is 1. The molecule has 8 heteroatoms. The Morgan fingerprint density at radius 3 is 1.61 bits per heavy atom. The average molecular weight is 580 g/mol. The van der Waals surface area contributed by atoms with Crippen molar-refractivity contribution < 1.29 is 9.53 Å². The van der Waals surface area contributed by atoms with E-state index in [1.54, 1.807) is 0 Å². The summed E-state index contributed by atoms with van der Waals surface area (Å²) in [6.07, 6.45) is 7.73. The van der Waals surface area contributed by atoms with Crippen LogP contribution >= 0.6 is 0 Å². The summed E-state index contributed by atoms with van der Waals surface area (Å²) in [7, 11) is 1.52. The van der Waals surface area contributed by atoms with Crippen molar-refractivity contribution in [2.45, 2.75) is 42.2 Å². The summed E-state index contributed by atoms with van der Waals surface area (Å²) < 4.78 is 7.70. The number of ether oxygens (including phenoxy) is 1. The quantitative estimate of drug-likeness (QED) is 0.309. The summed E-state index contributed by atoms with van der Waals surface area (Å²) in [4.78, 5) is 17.1. The fraction of sp³-hybridized carbons (Fsp3) is 0.800. The number of carbonyl (C=O) groups excluding carboxylic acids is 1. The summed E-state index contributed by atoms with van der Waals surface area (Å²) in [6.45, 7) is 4.52. The number of esters is 1. The van der Waals surface area contributed by atoms with Gasteiger partial charge in [-0.05, 0) is 0 Å². The van der Waals surface area contributed by atoms with Crippen LogP contribution in [0.1, 0.15) is 38.5 Å². The van der Waals surface area contributed by atoms with Crippen LogP contribution in [0.3, 0.4) is 0 Å². The summed E-state index contributed by atoms with van der Waals surface area (Å²) in [5, 5.41) is 0. The third-order valence-electron chi connectivity index (χ3n) is 4.04. The van der Waals surface area contributed by atoms with Crippen molar-refractivity contribution >= 4 is 73.9 Å². The van der Waals surface area contributed by atoms with Gasteiger partial charge in [-0.1, -0.05) is 0 Å². The normalized spacial score (nSPS) is 18.9. The molecule has 0 aromatic rings. The molecule has 0 aromatic heterocycles. The van der Waals surface area contributed by atoms with Gasteiger partial charge in [-0.3, -0.25) is 0 Å². The van der Waals surface area contributed by atoms with E-state index in [0.29, 0.717) is 0 Å². The summed E-state index contributed by atoms with van der Waals surface area (Å²) >= 11 is 6.77. The first-order valence-corrected chi connectivity index (χ1v) is 13.5. The first-order chi connectivity index (χ1) is 11.1. The Bertz CT molecular complexity index is 403. The molecule has 0 aromatic carbocycles. The zero-order chi connectivity index (χ0) is 16.7. The first kappa shape index (κ1) is 20.2. The van der Waals surface area contributed by atoms with Gasteiger partial charge in [0.25, 0.3) is 0 Å². The van der Waals surface area contributed by atoms with Gasteiger partial charge in [0.15, 0.2) is 0 Å². The number of methoxy groups -OCH3 is 1. The number of hydrogen-bond donors (Lipinski definition) is 0. The van der Waals surface area contributed by atoms with Gasteiger partial charge in [-0.15, -0.1) is 0 Å². The molecule has 130 valence electrons. The minimum absolute atomic E-state index is 0.0244. The molecule has 2 aliphatic rings. The zero-order valence-electron chi connectivity index (χ0n) is 13.5. The molecular weight excluding hydrogens is 556 g/mol. The Balaban J connectivity index is 1.91. The molecule has 2 rings (SSSR count). The SMILES string of the molecule is COC(=O)C([Se]C(=[Se])N1CCCCC1)[Se]C(=[Se])N1CCCCC1. The van der Waals surface area contributed by atoms with E-state index in [0.717, 1.165) is 26.2 Å². The molecule has 0 unspecified atom stereocenters. The number of rotatable bonds is 7. The monoisotopic (exact) mass is 584 g/mol. The number of hydrogen-bond acceptors (Lipinski definition) is 4. The Kier molecular flexibility index (Phi) is 9.47. The van der Waals surface area contributed by atoms with E-state index in [1.165, 1.54) is 52.5 Å². The van der Waals surface area contributed by atoms with Gasteiger partial charge >= 0.3 is 169 Å². The van der Waals surface area contributed by atoms with E-state index in [4.69, 9.17) is 4.74 Å². The predicted molar refractivity (Wildman–Crippen MR) is 99.6 cm³/mol. The summed E-state index contributed by atoms with van der Waals surface area (Å²) in [5.74, 6) is -0.0421. The van der Waals surface area contributed by atoms with Crippen LogP contribution in [0.25, 0.3) is 0 Å². The van der Waals surface area contributed by atoms with Gasteiger partial charge in [0.1, 0.15) is 0 Å². The molecule has 0 amide bonds. The van der Waals surface area contributed by atoms with Crippen molar-refractivity contribution in [1.82, 2.24) is 9.80 Å². The van der Waals surface area contributed by atoms with Crippen LogP contribution < -0.4 is 0 Å². The second-order valence-corrected chi connectivity index (χ2v) is 16.1. The van der Waals surface area contributed by atoms with Gasteiger partial charge < -0.3 is 0 Å². The van der Waals surface area contributed by atoms with Crippen molar-refractivity contribution in [3.05, 3.63) is 0 Å². The van der Waals surface area contributed by atoms with Crippen molar-refractivity contribution in [2.75, 3.05) is 33.3 Å². The molecule has 2 heterocycles. The van der Waals surface area contributed by atoms with Gasteiger partial charge in [0.05, 0.1) is 0 Å². The first-order valence-electron chi connectivity index (χ1n) is 8.11. The summed E-state index contributed by atoms with van der Waals surface area (Å²) in [5.41, 5.74) is 0. The van der Waals surface area contributed by atoms with E-state index < -0.39 is 0 Å². The van der Waals surface area contributed by atoms with Crippen molar-refractivity contribution in [2.24, 2.45) is 0 Å². The predicted octanol–water partition coefficient (Wildman–Crippen LogP) is -0.203. The van der Waals surface area contributed by atoms with E-state index in [2.05, 4.69) is 41.0 Å². The molecule has 0 radical (unpaired) electrons. The van der Waals surface area contributed by atoms with Gasteiger partial charge in [0.2, 0.25) is 0 Å². The van der Waals surface area contributed by atoms with Crippen molar-refractivity contribution in [3.8, 4) is 0 Å². The third-order valence-corrected chi connectivity index (χ3v) is 13.0. The zero-order valence-corrected chi connectivity index (χ0v) is 20.3. The second-order valence-electron chi connectivity index (χ2n) is 5.72. The third kappa shape index (κ3) is 6.60. The Hall–Kier alpha value is 0.888. The maximum absolute atomic E-state index is 12.3. The fourth-order valence-electron chi connectivity index (χ4n) is 2.70. The van der Waals surface area contributed by atoms with E-state index in [9.17, 15) is 4.79 Å². The van der Waals surface area contributed by atoms with Crippen LogP contribution in [0.2, 0.25) is 3.71 Å². The number of likely N-dealkylation sites (tertiary alicyclic amines) is 2. The van der Waals surface area contributed by atoms with Crippen LogP contribution in [0.15, 0.2) is 0 Å². The van der Waals surface area contributed by atoms with Gasteiger partial charge in [-0.25, -0.2) is 0 Å². The van der Waals surface area contributed by atoms with Crippen LogP contribution in [-0.4, -0.2) is 117 Å². The molecule has 0 bridgehead atoms. The Morgan fingerprint density at radius 2 is 1.26 bits per heavy atom. The molecule has 0 saturated carbocycles. The molecule has 0 spiro atoms. The summed E-state index contributed by atoms with van der Waals surface area (Å²) in [6, 6.07) is 0. The second kappa shape index (κ2) is 10.8. The molecule has 0 N–H and O–H groups in total. The maximum atomic E-state index is 12.3. The van der Waals surface area contributed by atoms with Crippen molar-refractivity contribution in [1.29, 1.82) is 0 Å². The number of nitrogens with zero attached hydrogens (tertiary/aromatic N) is 2. The van der Waals surface area contributed by atoms with E-state index >= 15 is 0 Å². The van der Waals surface area contributed by atoms with Crippen LogP contribution in [-0.2, 0) is 9.53 Å². The molecule has 2 fully saturated rings. The molecule has 2 saturated heterocycles. The average Bonchev–Trinajstić information content (AvgIpc) is 2.61. The van der Waals surface area contributed by atoms with Gasteiger partial charge in [-0.2, -0.15) is 0 Å². The molecular formula is C15H24N2O2Se4. The topological polar surface area (TPSA) is 32.8 Å². The Morgan fingerprint density at radius 1 is 0.870 bits per heavy atom. The van der Waals surface area contributed by atoms with E-state index in [-0.39, 0.29) is 39.6 Å². The van der Waals surface area contributed by atoms with Crippen LogP contribution in [0, 0.1) is 0 Å². The molecule has 0 atom stereocenters. The van der Waals surface area contributed by atoms with Crippen LogP contribution in [0.4, 0.5) is 0 Å².